The monoisotopic (exact) mass is 636 g/mol. The molecule has 5 heteroatoms. The average Bonchev–Trinajstić information content (AvgIpc) is 3.53. The Balaban J connectivity index is 0.000000688. The molecule has 0 aromatic heterocycles. The molecule has 0 amide bonds. The number of fused-ring (bicyclic) bond motifs is 2. The third kappa shape index (κ3) is 11.2. The Bertz CT molecular complexity index is 1080. The van der Waals surface area contributed by atoms with Crippen LogP contribution in [0, 0.1) is 0 Å². The molecule has 0 spiro atoms. The fourth-order valence-corrected chi connectivity index (χ4v) is 11.0. The van der Waals surface area contributed by atoms with Crippen molar-refractivity contribution in [2.75, 3.05) is 12.3 Å². The molecule has 0 aliphatic rings. The van der Waals surface area contributed by atoms with Gasteiger partial charge in [0.15, 0.2) is 0 Å². The number of rotatable bonds is 12. The predicted molar refractivity (Wildman–Crippen MR) is 171 cm³/mol. The van der Waals surface area contributed by atoms with Crippen molar-refractivity contribution in [1.29, 1.82) is 0 Å². The van der Waals surface area contributed by atoms with Crippen LogP contribution in [0.25, 0.3) is 21.5 Å². The van der Waals surface area contributed by atoms with Crippen molar-refractivity contribution < 1.29 is 46.5 Å². The molecule has 212 valence electrons. The molecule has 0 heterocycles. The van der Waals surface area contributed by atoms with Gasteiger partial charge in [-0.25, -0.2) is 0 Å². The van der Waals surface area contributed by atoms with E-state index in [1.807, 2.05) is 0 Å². The van der Waals surface area contributed by atoms with E-state index in [2.05, 4.69) is 114 Å². The van der Waals surface area contributed by atoms with E-state index in [0.717, 1.165) is 11.3 Å². The van der Waals surface area contributed by atoms with Gasteiger partial charge in [0.1, 0.15) is 0 Å². The summed E-state index contributed by atoms with van der Waals surface area (Å²) in [5.41, 5.74) is 1.65. The topological polar surface area (TPSA) is 0 Å². The van der Waals surface area contributed by atoms with Crippen LogP contribution in [-0.2, 0) is 21.7 Å². The molecule has 0 radical (unpaired) electrons. The number of hydrogen-bond donors (Lipinski definition) is 0. The molecule has 0 aliphatic heterocycles. The summed E-state index contributed by atoms with van der Waals surface area (Å²) in [5, 5.41) is 8.90. The van der Waals surface area contributed by atoms with E-state index in [4.69, 9.17) is 0 Å². The van der Waals surface area contributed by atoms with Crippen LogP contribution in [0.2, 0.25) is 0 Å². The number of benzene rings is 2. The summed E-state index contributed by atoms with van der Waals surface area (Å²) in [6.07, 6.45) is 10.8. The first kappa shape index (κ1) is 38.8. The number of halogens is 2. The standard InChI is InChI=1S/2C17H24P.2ClH.Ti/c1-5-13(3)18(14(4)6-2)17-11-15-9-7-8-10-16(15)12-17;1-3-5-11-18(12-6-4-2)17-13-15-9-7-8-10-16(15)14-17;;;/h7-14H,5-6H2,1-4H3;7-10,13-14H,3-6,11-12H2,1-2H3;2*1H;/q2*-1;;;+4/p-2. The second-order valence-corrected chi connectivity index (χ2v) is 15.9. The van der Waals surface area contributed by atoms with E-state index in [-0.39, 0.29) is 62.4 Å². The molecule has 0 saturated carbocycles. The second-order valence-electron chi connectivity index (χ2n) is 10.3. The Morgan fingerprint density at radius 2 is 1.05 bits per heavy atom. The predicted octanol–water partition coefficient (Wildman–Crippen LogP) is 4.53. The van der Waals surface area contributed by atoms with Crippen molar-refractivity contribution in [3.05, 3.63) is 72.8 Å². The zero-order valence-corrected chi connectivity index (χ0v) is 29.8. The average molecular weight is 637 g/mol. The number of unbranched alkanes of at least 4 members (excludes halogenated alkanes) is 2. The van der Waals surface area contributed by atoms with E-state index in [9.17, 15) is 0 Å². The van der Waals surface area contributed by atoms with Gasteiger partial charge in [0.2, 0.25) is 0 Å². The van der Waals surface area contributed by atoms with Gasteiger partial charge in [-0.1, -0.05) is 82.4 Å². The molecule has 4 aromatic carbocycles. The van der Waals surface area contributed by atoms with Crippen molar-refractivity contribution in [2.45, 2.75) is 91.4 Å². The number of hydrogen-bond acceptors (Lipinski definition) is 0. The maximum absolute atomic E-state index is 2.44. The summed E-state index contributed by atoms with van der Waals surface area (Å²) in [7, 11) is 0.0604. The third-order valence-electron chi connectivity index (χ3n) is 7.56. The van der Waals surface area contributed by atoms with Gasteiger partial charge >= 0.3 is 21.7 Å². The quantitative estimate of drug-likeness (QED) is 0.122. The molecule has 0 saturated heterocycles. The van der Waals surface area contributed by atoms with Crippen molar-refractivity contribution >= 4 is 48.0 Å². The Labute approximate surface area is 269 Å². The summed E-state index contributed by atoms with van der Waals surface area (Å²) in [4.78, 5) is 0. The minimum Gasteiger partial charge on any atom is -1.00 e. The smallest absolute Gasteiger partial charge is 1.00 e. The van der Waals surface area contributed by atoms with Gasteiger partial charge in [-0.05, 0) is 49.3 Å². The first-order chi connectivity index (χ1) is 17.5. The van der Waals surface area contributed by atoms with Gasteiger partial charge in [0.25, 0.3) is 0 Å². The maximum Gasteiger partial charge on any atom is 4.00 e. The molecule has 2 atom stereocenters. The molecule has 0 N–H and O–H groups in total. The van der Waals surface area contributed by atoms with Crippen LogP contribution in [0.1, 0.15) is 80.1 Å². The fraction of sp³-hybridized carbons (Fsp3) is 0.471. The first-order valence-electron chi connectivity index (χ1n) is 14.4. The Morgan fingerprint density at radius 1 is 0.641 bits per heavy atom. The minimum absolute atomic E-state index is 0. The molecule has 0 aliphatic carbocycles. The summed E-state index contributed by atoms with van der Waals surface area (Å²) < 4.78 is 0. The van der Waals surface area contributed by atoms with Crippen LogP contribution >= 0.6 is 15.8 Å². The fourth-order valence-electron chi connectivity index (χ4n) is 5.00. The molecule has 4 rings (SSSR count). The zero-order valence-electron chi connectivity index (χ0n) is 24.9. The van der Waals surface area contributed by atoms with E-state index < -0.39 is 0 Å². The van der Waals surface area contributed by atoms with Crippen LogP contribution in [0.5, 0.6) is 0 Å². The van der Waals surface area contributed by atoms with Crippen molar-refractivity contribution in [2.24, 2.45) is 0 Å². The van der Waals surface area contributed by atoms with E-state index in [1.165, 1.54) is 72.4 Å². The zero-order chi connectivity index (χ0) is 25.9. The largest absolute Gasteiger partial charge is 4.00 e. The molecule has 39 heavy (non-hydrogen) atoms. The van der Waals surface area contributed by atoms with E-state index in [1.54, 1.807) is 10.6 Å². The summed E-state index contributed by atoms with van der Waals surface area (Å²) >= 11 is 0. The Kier molecular flexibility index (Phi) is 20.6. The normalized spacial score (nSPS) is 13.0. The molecule has 0 fully saturated rings. The van der Waals surface area contributed by atoms with Gasteiger partial charge in [-0.15, -0.1) is 80.7 Å². The molecular weight excluding hydrogens is 589 g/mol. The Hall–Kier alpha value is -0.186. The van der Waals surface area contributed by atoms with Crippen LogP contribution in [0.4, 0.5) is 0 Å². The van der Waals surface area contributed by atoms with Crippen LogP contribution in [0.3, 0.4) is 0 Å². The van der Waals surface area contributed by atoms with Gasteiger partial charge in [0.05, 0.1) is 0 Å². The minimum atomic E-state index is -0.0252. The van der Waals surface area contributed by atoms with Crippen molar-refractivity contribution in [1.82, 2.24) is 0 Å². The molecule has 4 aromatic rings. The van der Waals surface area contributed by atoms with Gasteiger partial charge in [-0.3, -0.25) is 0 Å². The SMILES string of the molecule is CCC(C)P(c1cc2ccccc2[cH-]1)C(C)CC.CCCCP(CCCC)c1cc2ccccc2[cH-]1.[Cl-].[Cl-].[Ti+4]. The van der Waals surface area contributed by atoms with Gasteiger partial charge < -0.3 is 24.8 Å². The third-order valence-corrected chi connectivity index (χ3v) is 13.7. The first-order valence-corrected chi connectivity index (χ1v) is 17.6. The summed E-state index contributed by atoms with van der Waals surface area (Å²) in [6, 6.07) is 27.3. The van der Waals surface area contributed by atoms with E-state index >= 15 is 0 Å². The molecule has 0 nitrogen and oxygen atoms in total. The van der Waals surface area contributed by atoms with Crippen molar-refractivity contribution in [3.63, 3.8) is 0 Å². The van der Waals surface area contributed by atoms with Crippen LogP contribution in [0.15, 0.2) is 72.8 Å². The van der Waals surface area contributed by atoms with Crippen LogP contribution < -0.4 is 35.4 Å². The Morgan fingerprint density at radius 3 is 1.46 bits per heavy atom. The van der Waals surface area contributed by atoms with Crippen molar-refractivity contribution in [3.8, 4) is 0 Å². The summed E-state index contributed by atoms with van der Waals surface area (Å²) in [5.74, 6) is 0. The van der Waals surface area contributed by atoms with Crippen LogP contribution in [-0.4, -0.2) is 23.6 Å². The van der Waals surface area contributed by atoms with Gasteiger partial charge in [-0.2, -0.15) is 12.1 Å². The maximum atomic E-state index is 2.44. The van der Waals surface area contributed by atoms with E-state index in [0.29, 0.717) is 0 Å². The second kappa shape index (κ2) is 20.7. The molecular formula is C34H48Cl2P2Ti. The molecule has 2 unspecified atom stereocenters. The van der Waals surface area contributed by atoms with Gasteiger partial charge in [0, 0.05) is 0 Å². The summed E-state index contributed by atoms with van der Waals surface area (Å²) in [6.45, 7) is 14.1. The molecule has 0 bridgehead atoms.